The van der Waals surface area contributed by atoms with E-state index in [0.717, 1.165) is 9.20 Å². The van der Waals surface area contributed by atoms with E-state index in [9.17, 15) is 13.2 Å². The number of amides is 1. The molecule has 32 heavy (non-hydrogen) atoms. The van der Waals surface area contributed by atoms with E-state index in [1.807, 2.05) is 30.5 Å². The highest BCUT2D eigenvalue weighted by atomic mass is 32.2. The first-order valence-corrected chi connectivity index (χ1v) is 12.2. The maximum Gasteiger partial charge on any atom is 0.264 e. The van der Waals surface area contributed by atoms with Gasteiger partial charge in [0.05, 0.1) is 24.8 Å². The van der Waals surface area contributed by atoms with Crippen molar-refractivity contribution in [2.24, 2.45) is 0 Å². The quantitative estimate of drug-likeness (QED) is 0.486. The zero-order chi connectivity index (χ0) is 23.3. The van der Waals surface area contributed by atoms with Gasteiger partial charge in [0.25, 0.3) is 15.9 Å². The van der Waals surface area contributed by atoms with Crippen LogP contribution in [-0.4, -0.2) is 41.8 Å². The number of methoxy groups -OCH3 is 2. The first-order chi connectivity index (χ1) is 15.3. The monoisotopic (exact) mass is 472 g/mol. The summed E-state index contributed by atoms with van der Waals surface area (Å²) in [6.07, 6.45) is 1.96. The Morgan fingerprint density at radius 2 is 1.62 bits per heavy atom. The van der Waals surface area contributed by atoms with Crippen LogP contribution in [0.5, 0.6) is 11.5 Å². The molecule has 0 aliphatic carbocycles. The number of anilines is 2. The number of thioether (sulfide) groups is 1. The van der Waals surface area contributed by atoms with E-state index < -0.39 is 10.0 Å². The molecule has 0 radical (unpaired) electrons. The first kappa shape index (κ1) is 23.5. The van der Waals surface area contributed by atoms with E-state index >= 15 is 0 Å². The van der Waals surface area contributed by atoms with E-state index in [1.165, 1.54) is 33.4 Å². The van der Waals surface area contributed by atoms with E-state index in [4.69, 9.17) is 9.47 Å². The van der Waals surface area contributed by atoms with Gasteiger partial charge in [-0.2, -0.15) is 0 Å². The third kappa shape index (κ3) is 5.00. The summed E-state index contributed by atoms with van der Waals surface area (Å²) >= 11 is 1.59. The highest BCUT2D eigenvalue weighted by molar-refractivity contribution is 7.98. The minimum atomic E-state index is -3.84. The van der Waals surface area contributed by atoms with Crippen molar-refractivity contribution in [2.75, 3.05) is 37.1 Å². The minimum absolute atomic E-state index is 0.0631. The standard InChI is InChI=1S/C23H24N2O5S2/c1-25(32(27,28)20-12-13-21(29-2)22(15-20)30-3)18-10-8-16(9-11-18)23(26)24-17-6-5-7-19(14-17)31-4/h5-15H,1-4H3,(H,24,26). The number of nitrogens with zero attached hydrogens (tertiary/aromatic N) is 1. The molecule has 3 aromatic rings. The van der Waals surface area contributed by atoms with Crippen LogP contribution >= 0.6 is 11.8 Å². The third-order valence-electron chi connectivity index (χ3n) is 4.83. The topological polar surface area (TPSA) is 84.9 Å². The molecule has 7 nitrogen and oxygen atoms in total. The van der Waals surface area contributed by atoms with Gasteiger partial charge in [-0.1, -0.05) is 6.07 Å². The van der Waals surface area contributed by atoms with Gasteiger partial charge in [-0.15, -0.1) is 11.8 Å². The van der Waals surface area contributed by atoms with Gasteiger partial charge in [0.1, 0.15) is 0 Å². The van der Waals surface area contributed by atoms with Gasteiger partial charge in [0.15, 0.2) is 11.5 Å². The molecule has 0 aliphatic rings. The van der Waals surface area contributed by atoms with E-state index in [-0.39, 0.29) is 10.8 Å². The fraction of sp³-hybridized carbons (Fsp3) is 0.174. The van der Waals surface area contributed by atoms with Crippen molar-refractivity contribution >= 4 is 39.1 Å². The number of carbonyl (C=O) groups is 1. The number of nitrogens with one attached hydrogen (secondary N) is 1. The molecule has 0 unspecified atom stereocenters. The van der Waals surface area contributed by atoms with Crippen molar-refractivity contribution < 1.29 is 22.7 Å². The van der Waals surface area contributed by atoms with Gasteiger partial charge in [-0.25, -0.2) is 8.42 Å². The van der Waals surface area contributed by atoms with Gasteiger partial charge in [-0.05, 0) is 60.9 Å². The first-order valence-electron chi connectivity index (χ1n) is 9.56. The van der Waals surface area contributed by atoms with Gasteiger partial charge in [0, 0.05) is 29.3 Å². The lowest BCUT2D eigenvalue weighted by molar-refractivity contribution is 0.102. The molecule has 0 saturated carbocycles. The van der Waals surface area contributed by atoms with Gasteiger partial charge >= 0.3 is 0 Å². The Labute approximate surface area is 192 Å². The molecular formula is C23H24N2O5S2. The Balaban J connectivity index is 1.79. The van der Waals surface area contributed by atoms with Crippen LogP contribution in [0.2, 0.25) is 0 Å². The summed E-state index contributed by atoms with van der Waals surface area (Å²) in [4.78, 5) is 13.7. The fourth-order valence-corrected chi connectivity index (χ4v) is 4.67. The molecule has 0 heterocycles. The van der Waals surface area contributed by atoms with Crippen molar-refractivity contribution in [3.05, 3.63) is 72.3 Å². The smallest absolute Gasteiger partial charge is 0.264 e. The third-order valence-corrected chi connectivity index (χ3v) is 7.34. The lowest BCUT2D eigenvalue weighted by atomic mass is 10.2. The summed E-state index contributed by atoms with van der Waals surface area (Å²) in [5.74, 6) is 0.479. The largest absolute Gasteiger partial charge is 0.493 e. The normalized spacial score (nSPS) is 11.0. The van der Waals surface area contributed by atoms with Crippen LogP contribution in [0.15, 0.2) is 76.5 Å². The van der Waals surface area contributed by atoms with Crippen LogP contribution in [-0.2, 0) is 10.0 Å². The molecule has 0 bridgehead atoms. The predicted octanol–water partition coefficient (Wildman–Crippen LogP) is 4.50. The van der Waals surface area contributed by atoms with Gasteiger partial charge in [0.2, 0.25) is 0 Å². The maximum absolute atomic E-state index is 13.1. The van der Waals surface area contributed by atoms with Crippen molar-refractivity contribution in [1.29, 1.82) is 0 Å². The molecule has 1 N–H and O–H groups in total. The number of benzene rings is 3. The Bertz CT molecular complexity index is 1210. The van der Waals surface area contributed by atoms with Crippen molar-refractivity contribution in [1.82, 2.24) is 0 Å². The lowest BCUT2D eigenvalue weighted by Crippen LogP contribution is -2.26. The van der Waals surface area contributed by atoms with Crippen LogP contribution < -0.4 is 19.1 Å². The molecule has 0 aliphatic heterocycles. The van der Waals surface area contributed by atoms with Crippen LogP contribution in [0, 0.1) is 0 Å². The molecule has 9 heteroatoms. The number of hydrogen-bond donors (Lipinski definition) is 1. The summed E-state index contributed by atoms with van der Waals surface area (Å²) < 4.78 is 37.7. The Morgan fingerprint density at radius 1 is 0.938 bits per heavy atom. The molecule has 0 fully saturated rings. The maximum atomic E-state index is 13.1. The molecule has 168 valence electrons. The Morgan fingerprint density at radius 3 is 2.25 bits per heavy atom. The second kappa shape index (κ2) is 9.97. The SMILES string of the molecule is COc1ccc(S(=O)(=O)N(C)c2ccc(C(=O)Nc3cccc(SC)c3)cc2)cc1OC. The van der Waals surface area contributed by atoms with Crippen molar-refractivity contribution in [2.45, 2.75) is 9.79 Å². The van der Waals surface area contributed by atoms with Gasteiger partial charge < -0.3 is 14.8 Å². The van der Waals surface area contributed by atoms with Crippen molar-refractivity contribution in [3.63, 3.8) is 0 Å². The Hall–Kier alpha value is -3.17. The molecule has 3 aromatic carbocycles. The highest BCUT2D eigenvalue weighted by Gasteiger charge is 2.23. The molecule has 0 aromatic heterocycles. The van der Waals surface area contributed by atoms with E-state index in [2.05, 4.69) is 5.32 Å². The zero-order valence-corrected chi connectivity index (χ0v) is 19.8. The summed E-state index contributed by atoms with van der Waals surface area (Å²) in [6, 6.07) is 18.3. The molecular weight excluding hydrogens is 448 g/mol. The number of hydrogen-bond acceptors (Lipinski definition) is 6. The second-order valence-electron chi connectivity index (χ2n) is 6.72. The molecule has 3 rings (SSSR count). The summed E-state index contributed by atoms with van der Waals surface area (Å²) in [6.45, 7) is 0. The van der Waals surface area contributed by atoms with Crippen LogP contribution in [0.3, 0.4) is 0 Å². The number of rotatable bonds is 8. The molecule has 1 amide bonds. The molecule has 0 saturated heterocycles. The summed E-state index contributed by atoms with van der Waals surface area (Å²) in [5, 5.41) is 2.85. The highest BCUT2D eigenvalue weighted by Crippen LogP contribution is 2.31. The Kier molecular flexibility index (Phi) is 7.32. The number of sulfonamides is 1. The molecule has 0 spiro atoms. The number of ether oxygens (including phenoxy) is 2. The lowest BCUT2D eigenvalue weighted by Gasteiger charge is -2.20. The number of carbonyl (C=O) groups excluding carboxylic acids is 1. The average Bonchev–Trinajstić information content (AvgIpc) is 2.83. The van der Waals surface area contributed by atoms with Crippen LogP contribution in [0.25, 0.3) is 0 Å². The van der Waals surface area contributed by atoms with E-state index in [0.29, 0.717) is 28.4 Å². The fourth-order valence-electron chi connectivity index (χ4n) is 3.00. The minimum Gasteiger partial charge on any atom is -0.493 e. The molecule has 0 atom stereocenters. The van der Waals surface area contributed by atoms with Crippen LogP contribution in [0.1, 0.15) is 10.4 Å². The van der Waals surface area contributed by atoms with E-state index in [1.54, 1.807) is 42.1 Å². The second-order valence-corrected chi connectivity index (χ2v) is 9.57. The summed E-state index contributed by atoms with van der Waals surface area (Å²) in [5.41, 5.74) is 1.53. The predicted molar refractivity (Wildman–Crippen MR) is 128 cm³/mol. The van der Waals surface area contributed by atoms with Gasteiger partial charge in [-0.3, -0.25) is 9.10 Å². The zero-order valence-electron chi connectivity index (χ0n) is 18.2. The summed E-state index contributed by atoms with van der Waals surface area (Å²) in [7, 11) is 0.534. The van der Waals surface area contributed by atoms with Crippen LogP contribution in [0.4, 0.5) is 11.4 Å². The average molecular weight is 473 g/mol. The van der Waals surface area contributed by atoms with Crippen molar-refractivity contribution in [3.8, 4) is 11.5 Å².